The lowest BCUT2D eigenvalue weighted by atomic mass is 10.1. The lowest BCUT2D eigenvalue weighted by molar-refractivity contribution is -0.145. The van der Waals surface area contributed by atoms with Crippen molar-refractivity contribution < 1.29 is 14.3 Å². The first-order valence-corrected chi connectivity index (χ1v) is 6.94. The third-order valence-electron chi connectivity index (χ3n) is 2.53. The van der Waals surface area contributed by atoms with Crippen molar-refractivity contribution in [2.45, 2.75) is 71.8 Å². The molecule has 0 fully saturated rings. The number of hydrogen-bond acceptors (Lipinski definition) is 3. The molecule has 0 aromatic carbocycles. The van der Waals surface area contributed by atoms with Crippen molar-refractivity contribution in [1.29, 1.82) is 0 Å². The van der Waals surface area contributed by atoms with Crippen molar-refractivity contribution in [3.63, 3.8) is 0 Å². The van der Waals surface area contributed by atoms with Gasteiger partial charge in [-0.15, -0.1) is 0 Å². The highest BCUT2D eigenvalue weighted by Crippen LogP contribution is 2.07. The summed E-state index contributed by atoms with van der Waals surface area (Å²) >= 11 is 0. The van der Waals surface area contributed by atoms with Gasteiger partial charge in [-0.3, -0.25) is 4.79 Å². The van der Waals surface area contributed by atoms with Gasteiger partial charge >= 0.3 is 5.97 Å². The fourth-order valence-corrected chi connectivity index (χ4v) is 1.56. The largest absolute Gasteiger partial charge is 0.463 e. The molecule has 0 aliphatic carbocycles. The minimum absolute atomic E-state index is 0.0900. The van der Waals surface area contributed by atoms with Gasteiger partial charge < -0.3 is 9.47 Å². The van der Waals surface area contributed by atoms with Gasteiger partial charge in [-0.1, -0.05) is 39.0 Å². The molecule has 0 rings (SSSR count). The first-order valence-electron chi connectivity index (χ1n) is 6.94. The maximum atomic E-state index is 11.3. The van der Waals surface area contributed by atoms with Gasteiger partial charge in [0.1, 0.15) is 6.61 Å². The van der Waals surface area contributed by atoms with Crippen LogP contribution in [-0.4, -0.2) is 25.3 Å². The summed E-state index contributed by atoms with van der Waals surface area (Å²) in [4.78, 5) is 11.3. The Morgan fingerprint density at radius 1 is 1.00 bits per heavy atom. The van der Waals surface area contributed by atoms with Gasteiger partial charge in [0, 0.05) is 6.42 Å². The van der Waals surface area contributed by atoms with Gasteiger partial charge in [0.05, 0.1) is 12.7 Å². The number of esters is 1. The predicted octanol–water partition coefficient (Wildman–Crippen LogP) is 3.71. The topological polar surface area (TPSA) is 35.5 Å². The van der Waals surface area contributed by atoms with E-state index in [1.54, 1.807) is 0 Å². The average Bonchev–Trinajstić information content (AvgIpc) is 2.29. The van der Waals surface area contributed by atoms with Gasteiger partial charge in [-0.2, -0.15) is 0 Å². The number of ether oxygens (including phenoxy) is 2. The van der Waals surface area contributed by atoms with Crippen LogP contribution in [0.2, 0.25) is 0 Å². The molecular weight excluding hydrogens is 216 g/mol. The highest BCUT2D eigenvalue weighted by atomic mass is 16.6. The third-order valence-corrected chi connectivity index (χ3v) is 2.53. The molecule has 0 aromatic heterocycles. The molecule has 0 aliphatic rings. The van der Waals surface area contributed by atoms with Crippen LogP contribution in [0.5, 0.6) is 0 Å². The second kappa shape index (κ2) is 11.9. The molecule has 0 saturated carbocycles. The smallest absolute Gasteiger partial charge is 0.305 e. The lowest BCUT2D eigenvalue weighted by Crippen LogP contribution is -2.13. The number of rotatable bonds is 11. The van der Waals surface area contributed by atoms with Crippen LogP contribution in [0.4, 0.5) is 0 Å². The summed E-state index contributed by atoms with van der Waals surface area (Å²) in [6.45, 7) is 7.03. The van der Waals surface area contributed by atoms with Crippen LogP contribution in [0.15, 0.2) is 0 Å². The molecule has 3 heteroatoms. The first-order chi connectivity index (χ1) is 8.16. The van der Waals surface area contributed by atoms with E-state index >= 15 is 0 Å². The zero-order valence-corrected chi connectivity index (χ0v) is 11.7. The normalized spacial score (nSPS) is 10.8. The Kier molecular flexibility index (Phi) is 11.5. The Morgan fingerprint density at radius 2 is 1.65 bits per heavy atom. The lowest BCUT2D eigenvalue weighted by Gasteiger charge is -2.08. The van der Waals surface area contributed by atoms with E-state index in [9.17, 15) is 4.79 Å². The van der Waals surface area contributed by atoms with Crippen LogP contribution in [0.25, 0.3) is 0 Å². The van der Waals surface area contributed by atoms with Crippen molar-refractivity contribution in [3.8, 4) is 0 Å². The minimum atomic E-state index is -0.0900. The minimum Gasteiger partial charge on any atom is -0.463 e. The molecule has 0 aliphatic heterocycles. The molecule has 0 bridgehead atoms. The molecule has 0 heterocycles. The van der Waals surface area contributed by atoms with Crippen molar-refractivity contribution in [2.75, 3.05) is 13.2 Å². The summed E-state index contributed by atoms with van der Waals surface area (Å²) in [6.07, 6.45) is 7.92. The van der Waals surface area contributed by atoms with E-state index in [0.717, 1.165) is 12.8 Å². The molecule has 102 valence electrons. The van der Waals surface area contributed by atoms with Crippen LogP contribution < -0.4 is 0 Å². The monoisotopic (exact) mass is 244 g/mol. The molecule has 0 unspecified atom stereocenters. The Balaban J connectivity index is 3.18. The quantitative estimate of drug-likeness (QED) is 0.410. The molecule has 0 aromatic rings. The van der Waals surface area contributed by atoms with E-state index in [0.29, 0.717) is 19.6 Å². The van der Waals surface area contributed by atoms with Crippen molar-refractivity contribution in [3.05, 3.63) is 0 Å². The van der Waals surface area contributed by atoms with Gasteiger partial charge in [0.25, 0.3) is 0 Å². The van der Waals surface area contributed by atoms with Crippen LogP contribution in [0.3, 0.4) is 0 Å². The zero-order valence-electron chi connectivity index (χ0n) is 11.7. The van der Waals surface area contributed by atoms with Crippen LogP contribution in [0, 0.1) is 0 Å². The number of hydrogen-bond donors (Lipinski definition) is 0. The van der Waals surface area contributed by atoms with E-state index in [1.165, 1.54) is 25.7 Å². The molecule has 0 N–H and O–H groups in total. The summed E-state index contributed by atoms with van der Waals surface area (Å²) in [5, 5.41) is 0. The SMILES string of the molecule is CCCCCCCCC(=O)OCCOC(C)C. The number of carbonyl (C=O) groups excluding carboxylic acids is 1. The van der Waals surface area contributed by atoms with Crippen LogP contribution in [-0.2, 0) is 14.3 Å². The molecule has 0 amide bonds. The van der Waals surface area contributed by atoms with Gasteiger partial charge in [-0.05, 0) is 20.3 Å². The van der Waals surface area contributed by atoms with Gasteiger partial charge in [0.2, 0.25) is 0 Å². The van der Waals surface area contributed by atoms with Crippen molar-refractivity contribution in [1.82, 2.24) is 0 Å². The second-order valence-corrected chi connectivity index (χ2v) is 4.66. The molecule has 0 saturated heterocycles. The average molecular weight is 244 g/mol. The molecular formula is C14H28O3. The highest BCUT2D eigenvalue weighted by molar-refractivity contribution is 5.69. The number of carbonyl (C=O) groups is 1. The zero-order chi connectivity index (χ0) is 12.9. The summed E-state index contributed by atoms with van der Waals surface area (Å²) < 4.78 is 10.3. The molecule has 3 nitrogen and oxygen atoms in total. The van der Waals surface area contributed by atoms with Crippen molar-refractivity contribution in [2.24, 2.45) is 0 Å². The van der Waals surface area contributed by atoms with Gasteiger partial charge in [0.15, 0.2) is 0 Å². The Labute approximate surface area is 106 Å². The van der Waals surface area contributed by atoms with E-state index in [1.807, 2.05) is 13.8 Å². The first kappa shape index (κ1) is 16.4. The molecule has 0 spiro atoms. The Hall–Kier alpha value is -0.570. The fourth-order valence-electron chi connectivity index (χ4n) is 1.56. The number of unbranched alkanes of at least 4 members (excludes halogenated alkanes) is 5. The van der Waals surface area contributed by atoms with Crippen LogP contribution >= 0.6 is 0 Å². The molecule has 0 atom stereocenters. The van der Waals surface area contributed by atoms with Gasteiger partial charge in [-0.25, -0.2) is 0 Å². The van der Waals surface area contributed by atoms with E-state index in [2.05, 4.69) is 6.92 Å². The molecule has 0 radical (unpaired) electrons. The van der Waals surface area contributed by atoms with E-state index in [-0.39, 0.29) is 12.1 Å². The van der Waals surface area contributed by atoms with Crippen LogP contribution in [0.1, 0.15) is 65.7 Å². The third kappa shape index (κ3) is 13.4. The van der Waals surface area contributed by atoms with E-state index < -0.39 is 0 Å². The Morgan fingerprint density at radius 3 is 2.29 bits per heavy atom. The standard InChI is InChI=1S/C14H28O3/c1-4-5-6-7-8-9-10-14(15)17-12-11-16-13(2)3/h13H,4-12H2,1-3H3. The Bertz CT molecular complexity index is 178. The fraction of sp³-hybridized carbons (Fsp3) is 0.929. The predicted molar refractivity (Wildman–Crippen MR) is 70.0 cm³/mol. The highest BCUT2D eigenvalue weighted by Gasteiger charge is 2.02. The maximum Gasteiger partial charge on any atom is 0.305 e. The summed E-state index contributed by atoms with van der Waals surface area (Å²) in [6, 6.07) is 0. The summed E-state index contributed by atoms with van der Waals surface area (Å²) in [5.41, 5.74) is 0. The van der Waals surface area contributed by atoms with E-state index in [4.69, 9.17) is 9.47 Å². The maximum absolute atomic E-state index is 11.3. The van der Waals surface area contributed by atoms with Crippen molar-refractivity contribution >= 4 is 5.97 Å². The second-order valence-electron chi connectivity index (χ2n) is 4.66. The summed E-state index contributed by atoms with van der Waals surface area (Å²) in [5.74, 6) is -0.0900. The summed E-state index contributed by atoms with van der Waals surface area (Å²) in [7, 11) is 0. The molecule has 17 heavy (non-hydrogen) atoms.